The molecule has 0 amide bonds. The maximum absolute atomic E-state index is 14.0. The van der Waals surface area contributed by atoms with Crippen LogP contribution in [0, 0.1) is 12.3 Å². The van der Waals surface area contributed by atoms with Crippen molar-refractivity contribution >= 4 is 50.7 Å². The van der Waals surface area contributed by atoms with Gasteiger partial charge in [-0.2, -0.15) is 5.10 Å². The Morgan fingerprint density at radius 3 is 2.46 bits per heavy atom. The predicted molar refractivity (Wildman–Crippen MR) is 159 cm³/mol. The topological polar surface area (TPSA) is 145 Å². The molecule has 4 aromatic rings. The Balaban J connectivity index is 1.87. The molecule has 0 saturated carbocycles. The Hall–Kier alpha value is -4.84. The molecular formula is C29H29N5O6S. The van der Waals surface area contributed by atoms with E-state index < -0.39 is 35.1 Å². The summed E-state index contributed by atoms with van der Waals surface area (Å²) in [7, 11) is 1.44. The standard InChI is InChI=1S/C29H29N5O6S/c1-18-23-25(36)34(29(2,3)27(37)40-17-19-10-6-5-7-11-19)28(38)33(26(23)41-24(18)32-31-15-14-30)16-21(35)20-12-8-9-13-22(20)39-4/h5-15,30,32H,16-17H2,1-4H3/b30-14?,31-15-. The second-order valence-corrected chi connectivity index (χ2v) is 10.5. The number of anilines is 1. The molecule has 212 valence electrons. The lowest BCUT2D eigenvalue weighted by molar-refractivity contribution is -0.154. The number of methoxy groups -OCH3 is 1. The molecule has 2 N–H and O–H groups in total. The second-order valence-electron chi connectivity index (χ2n) is 9.55. The van der Waals surface area contributed by atoms with Crippen LogP contribution in [0.3, 0.4) is 0 Å². The normalized spacial score (nSPS) is 11.5. The zero-order valence-electron chi connectivity index (χ0n) is 23.0. The van der Waals surface area contributed by atoms with E-state index in [1.807, 2.05) is 6.07 Å². The number of ether oxygens (including phenoxy) is 2. The van der Waals surface area contributed by atoms with Crippen LogP contribution in [0.15, 0.2) is 69.3 Å². The molecule has 0 aliphatic rings. The third-order valence-corrected chi connectivity index (χ3v) is 7.73. The largest absolute Gasteiger partial charge is 0.496 e. The SMILES string of the molecule is COc1ccccc1C(=O)Cn1c(=O)n(C(C)(C)C(=O)OCc2ccccc2)c(=O)c2c(C)c(N/N=C\C=N)sc21. The summed E-state index contributed by atoms with van der Waals surface area (Å²) in [5.41, 5.74) is 0.989. The second kappa shape index (κ2) is 12.1. The minimum Gasteiger partial charge on any atom is -0.496 e. The van der Waals surface area contributed by atoms with Crippen molar-refractivity contribution in [2.75, 3.05) is 12.5 Å². The number of hydrogen-bond acceptors (Lipinski definition) is 10. The molecule has 12 heteroatoms. The first kappa shape index (κ1) is 29.2. The van der Waals surface area contributed by atoms with Gasteiger partial charge in [-0.1, -0.05) is 53.8 Å². The number of benzene rings is 2. The van der Waals surface area contributed by atoms with Crippen molar-refractivity contribution in [2.24, 2.45) is 5.10 Å². The Labute approximate surface area is 239 Å². The van der Waals surface area contributed by atoms with Crippen molar-refractivity contribution in [3.8, 4) is 5.75 Å². The van der Waals surface area contributed by atoms with Crippen LogP contribution < -0.4 is 21.4 Å². The first-order chi connectivity index (χ1) is 19.6. The molecule has 0 bridgehead atoms. The van der Waals surface area contributed by atoms with E-state index >= 15 is 0 Å². The first-order valence-corrected chi connectivity index (χ1v) is 13.4. The lowest BCUT2D eigenvalue weighted by Crippen LogP contribution is -2.53. The fraction of sp³-hybridized carbons (Fsp3) is 0.241. The smallest absolute Gasteiger partial charge is 0.333 e. The third kappa shape index (κ3) is 5.73. The van der Waals surface area contributed by atoms with Crippen LogP contribution in [-0.2, 0) is 28.2 Å². The Kier molecular flexibility index (Phi) is 8.62. The van der Waals surface area contributed by atoms with Crippen molar-refractivity contribution in [1.29, 1.82) is 5.41 Å². The van der Waals surface area contributed by atoms with E-state index in [9.17, 15) is 19.2 Å². The van der Waals surface area contributed by atoms with Gasteiger partial charge in [-0.25, -0.2) is 14.2 Å². The van der Waals surface area contributed by atoms with E-state index in [1.54, 1.807) is 55.5 Å². The number of thiophene rings is 1. The molecule has 0 fully saturated rings. The lowest BCUT2D eigenvalue weighted by Gasteiger charge is -2.25. The van der Waals surface area contributed by atoms with Crippen LogP contribution in [0.5, 0.6) is 5.75 Å². The van der Waals surface area contributed by atoms with Gasteiger partial charge in [0.25, 0.3) is 5.56 Å². The lowest BCUT2D eigenvalue weighted by atomic mass is 10.1. The van der Waals surface area contributed by atoms with Gasteiger partial charge in [0.15, 0.2) is 5.78 Å². The molecule has 0 atom stereocenters. The van der Waals surface area contributed by atoms with E-state index in [2.05, 4.69) is 10.5 Å². The number of aryl methyl sites for hydroxylation is 1. The van der Waals surface area contributed by atoms with Crippen molar-refractivity contribution in [2.45, 2.75) is 39.5 Å². The molecule has 2 heterocycles. The predicted octanol–water partition coefficient (Wildman–Crippen LogP) is 3.95. The van der Waals surface area contributed by atoms with Gasteiger partial charge < -0.3 is 14.9 Å². The number of nitrogens with one attached hydrogen (secondary N) is 2. The molecule has 2 aromatic carbocycles. The number of para-hydroxylation sites is 1. The van der Waals surface area contributed by atoms with Gasteiger partial charge in [0.2, 0.25) is 0 Å². The van der Waals surface area contributed by atoms with E-state index in [-0.39, 0.29) is 22.4 Å². The van der Waals surface area contributed by atoms with Gasteiger partial charge in [-0.05, 0) is 38.5 Å². The summed E-state index contributed by atoms with van der Waals surface area (Å²) >= 11 is 1.06. The highest BCUT2D eigenvalue weighted by Crippen LogP contribution is 2.33. The van der Waals surface area contributed by atoms with Crippen LogP contribution in [-0.4, -0.2) is 40.4 Å². The van der Waals surface area contributed by atoms with Gasteiger partial charge >= 0.3 is 11.7 Å². The number of carbonyl (C=O) groups excluding carboxylic acids is 2. The third-order valence-electron chi connectivity index (χ3n) is 6.51. The fourth-order valence-electron chi connectivity index (χ4n) is 4.31. The van der Waals surface area contributed by atoms with Gasteiger partial charge in [-0.15, -0.1) is 0 Å². The number of aromatic nitrogens is 2. The minimum absolute atomic E-state index is 0.0445. The average molecular weight is 576 g/mol. The van der Waals surface area contributed by atoms with Crippen LogP contribution in [0.1, 0.15) is 35.3 Å². The van der Waals surface area contributed by atoms with Crippen LogP contribution in [0.4, 0.5) is 5.00 Å². The van der Waals surface area contributed by atoms with E-state index in [0.717, 1.165) is 27.7 Å². The molecule has 0 spiro atoms. The van der Waals surface area contributed by atoms with Gasteiger partial charge in [0, 0.05) is 11.8 Å². The number of nitrogens with zero attached hydrogens (tertiary/aromatic N) is 3. The summed E-state index contributed by atoms with van der Waals surface area (Å²) in [6.45, 7) is 4.06. The molecule has 0 aliphatic heterocycles. The zero-order chi connectivity index (χ0) is 29.7. The Bertz CT molecular complexity index is 1770. The summed E-state index contributed by atoms with van der Waals surface area (Å²) in [4.78, 5) is 54.9. The fourth-order valence-corrected chi connectivity index (χ4v) is 5.46. The molecule has 0 aliphatic carbocycles. The number of rotatable bonds is 11. The quantitative estimate of drug-likeness (QED) is 0.119. The molecular weight excluding hydrogens is 546 g/mol. The highest BCUT2D eigenvalue weighted by atomic mass is 32.1. The van der Waals surface area contributed by atoms with Gasteiger partial charge in [0.05, 0.1) is 30.8 Å². The van der Waals surface area contributed by atoms with E-state index in [4.69, 9.17) is 14.9 Å². The number of carbonyl (C=O) groups is 2. The minimum atomic E-state index is -1.72. The zero-order valence-corrected chi connectivity index (χ0v) is 23.8. The number of Topliss-reactive ketones (excluding diaryl/α,β-unsaturated/α-hetero) is 1. The average Bonchev–Trinajstić information content (AvgIpc) is 3.30. The molecule has 0 radical (unpaired) electrons. The molecule has 11 nitrogen and oxygen atoms in total. The van der Waals surface area contributed by atoms with Crippen molar-refractivity contribution in [3.05, 3.63) is 92.1 Å². The monoisotopic (exact) mass is 575 g/mol. The summed E-state index contributed by atoms with van der Waals surface area (Å²) in [5.74, 6) is -0.877. The molecule has 4 rings (SSSR count). The Morgan fingerprint density at radius 1 is 1.10 bits per heavy atom. The summed E-state index contributed by atoms with van der Waals surface area (Å²) in [5, 5.41) is 11.7. The highest BCUT2D eigenvalue weighted by molar-refractivity contribution is 7.22. The van der Waals surface area contributed by atoms with Gasteiger partial charge in [-0.3, -0.25) is 19.6 Å². The first-order valence-electron chi connectivity index (χ1n) is 12.6. The number of esters is 1. The molecule has 41 heavy (non-hydrogen) atoms. The summed E-state index contributed by atoms with van der Waals surface area (Å²) in [6, 6.07) is 15.7. The van der Waals surface area contributed by atoms with Crippen LogP contribution in [0.2, 0.25) is 0 Å². The number of hydrogen-bond donors (Lipinski definition) is 2. The van der Waals surface area contributed by atoms with Crippen LogP contribution >= 0.6 is 11.3 Å². The maximum Gasteiger partial charge on any atom is 0.333 e. The molecule has 0 saturated heterocycles. The van der Waals surface area contributed by atoms with E-state index in [0.29, 0.717) is 16.3 Å². The van der Waals surface area contributed by atoms with Crippen molar-refractivity contribution in [3.63, 3.8) is 0 Å². The van der Waals surface area contributed by atoms with Crippen LogP contribution in [0.25, 0.3) is 10.2 Å². The summed E-state index contributed by atoms with van der Waals surface area (Å²) < 4.78 is 12.9. The number of ketones is 1. The van der Waals surface area contributed by atoms with Crippen molar-refractivity contribution < 1.29 is 19.1 Å². The summed E-state index contributed by atoms with van der Waals surface area (Å²) in [6.07, 6.45) is 2.19. The highest BCUT2D eigenvalue weighted by Gasteiger charge is 2.37. The number of hydrazone groups is 1. The molecule has 0 unspecified atom stereocenters. The van der Waals surface area contributed by atoms with Crippen molar-refractivity contribution in [1.82, 2.24) is 9.13 Å². The Morgan fingerprint density at radius 2 is 1.78 bits per heavy atom. The maximum atomic E-state index is 14.0. The van der Waals surface area contributed by atoms with Gasteiger partial charge in [0.1, 0.15) is 27.7 Å². The molecule has 2 aromatic heterocycles. The van der Waals surface area contributed by atoms with E-state index in [1.165, 1.54) is 31.7 Å². The number of fused-ring (bicyclic) bond motifs is 1.